The van der Waals surface area contributed by atoms with Gasteiger partial charge in [0.05, 0.1) is 17.9 Å². The zero-order valence-corrected chi connectivity index (χ0v) is 20.7. The number of ether oxygens (including phenoxy) is 2. The van der Waals surface area contributed by atoms with E-state index in [-0.39, 0.29) is 11.8 Å². The Morgan fingerprint density at radius 2 is 1.61 bits per heavy atom. The van der Waals surface area contributed by atoms with Crippen LogP contribution in [-0.2, 0) is 4.79 Å². The fourth-order valence-corrected chi connectivity index (χ4v) is 4.02. The lowest BCUT2D eigenvalue weighted by molar-refractivity contribution is -0.122. The van der Waals surface area contributed by atoms with Gasteiger partial charge in [-0.25, -0.2) is 0 Å². The number of nitrogens with one attached hydrogen (secondary N) is 2. The lowest BCUT2D eigenvalue weighted by Gasteiger charge is -2.19. The first kappa shape index (κ1) is 24.3. The van der Waals surface area contributed by atoms with Crippen LogP contribution in [0.1, 0.15) is 35.3 Å². The highest BCUT2D eigenvalue weighted by atomic mass is 79.9. The normalized spacial score (nSPS) is 11.4. The van der Waals surface area contributed by atoms with Gasteiger partial charge in [-0.1, -0.05) is 28.1 Å². The van der Waals surface area contributed by atoms with Crippen LogP contribution in [0.4, 0.5) is 11.4 Å². The highest BCUT2D eigenvalue weighted by molar-refractivity contribution is 9.10. The molecule has 0 spiro atoms. The van der Waals surface area contributed by atoms with Crippen LogP contribution < -0.4 is 20.1 Å². The second kappa shape index (κ2) is 11.0. The molecular formula is C26H27BrN2O4. The van der Waals surface area contributed by atoms with Gasteiger partial charge in [0.25, 0.3) is 11.8 Å². The molecule has 2 amide bonds. The minimum Gasteiger partial charge on any atom is -0.494 e. The van der Waals surface area contributed by atoms with Crippen LogP contribution in [-0.4, -0.2) is 24.5 Å². The molecule has 0 aliphatic carbocycles. The number of para-hydroxylation sites is 1. The minimum atomic E-state index is -0.759. The van der Waals surface area contributed by atoms with E-state index in [1.165, 1.54) is 0 Å². The first-order valence-electron chi connectivity index (χ1n) is 10.7. The number of anilines is 2. The molecule has 2 N–H and O–H groups in total. The molecule has 0 aliphatic rings. The lowest BCUT2D eigenvalue weighted by atomic mass is 10.1. The smallest absolute Gasteiger partial charge is 0.265 e. The molecule has 0 saturated carbocycles. The van der Waals surface area contributed by atoms with E-state index in [2.05, 4.69) is 26.6 Å². The second-order valence-corrected chi connectivity index (χ2v) is 8.49. The number of rotatable bonds is 8. The standard InChI is InChI=1S/C26H27BrN2O4/c1-5-32-21-12-10-20(11-13-21)28-26(31)22-8-6-7-9-23(22)29-25(30)18(4)33-24-16(2)14-19(27)15-17(24)3/h6-15,18H,5H2,1-4H3,(H,28,31)(H,29,30). The number of carbonyl (C=O) groups excluding carboxylic acids is 2. The topological polar surface area (TPSA) is 76.7 Å². The summed E-state index contributed by atoms with van der Waals surface area (Å²) in [6.45, 7) is 8.02. The number of amides is 2. The molecule has 0 aliphatic heterocycles. The van der Waals surface area contributed by atoms with Crippen LogP contribution in [0.3, 0.4) is 0 Å². The Hall–Kier alpha value is -3.32. The first-order chi connectivity index (χ1) is 15.8. The third-order valence-corrected chi connectivity index (χ3v) is 5.40. The van der Waals surface area contributed by atoms with Gasteiger partial charge < -0.3 is 20.1 Å². The maximum Gasteiger partial charge on any atom is 0.265 e. The molecule has 0 saturated heterocycles. The summed E-state index contributed by atoms with van der Waals surface area (Å²) >= 11 is 3.46. The van der Waals surface area contributed by atoms with E-state index in [4.69, 9.17) is 9.47 Å². The quantitative estimate of drug-likeness (QED) is 0.382. The van der Waals surface area contributed by atoms with Crippen molar-refractivity contribution in [3.05, 3.63) is 81.8 Å². The monoisotopic (exact) mass is 510 g/mol. The van der Waals surface area contributed by atoms with Gasteiger partial charge in [-0.2, -0.15) is 0 Å². The number of hydrogen-bond acceptors (Lipinski definition) is 4. The van der Waals surface area contributed by atoms with Crippen molar-refractivity contribution in [2.75, 3.05) is 17.2 Å². The van der Waals surface area contributed by atoms with Gasteiger partial charge in [-0.05, 0) is 87.4 Å². The van der Waals surface area contributed by atoms with Crippen molar-refractivity contribution in [1.82, 2.24) is 0 Å². The molecule has 0 fully saturated rings. The van der Waals surface area contributed by atoms with E-state index >= 15 is 0 Å². The van der Waals surface area contributed by atoms with Gasteiger partial charge >= 0.3 is 0 Å². The molecule has 1 atom stereocenters. The van der Waals surface area contributed by atoms with Gasteiger partial charge in [-0.3, -0.25) is 9.59 Å². The molecule has 6 nitrogen and oxygen atoms in total. The molecule has 172 valence electrons. The van der Waals surface area contributed by atoms with Crippen LogP contribution in [0, 0.1) is 13.8 Å². The number of carbonyl (C=O) groups is 2. The lowest BCUT2D eigenvalue weighted by Crippen LogP contribution is -2.31. The molecule has 1 unspecified atom stereocenters. The summed E-state index contributed by atoms with van der Waals surface area (Å²) in [5.74, 6) is 0.719. The van der Waals surface area contributed by atoms with Crippen LogP contribution in [0.5, 0.6) is 11.5 Å². The summed E-state index contributed by atoms with van der Waals surface area (Å²) in [6.07, 6.45) is -0.759. The molecule has 0 heterocycles. The van der Waals surface area contributed by atoms with E-state index in [9.17, 15) is 9.59 Å². The summed E-state index contributed by atoms with van der Waals surface area (Å²) < 4.78 is 12.3. The summed E-state index contributed by atoms with van der Waals surface area (Å²) in [5.41, 5.74) is 3.24. The predicted octanol–water partition coefficient (Wildman–Crippen LogP) is 6.12. The number of halogens is 1. The molecule has 3 aromatic rings. The molecule has 33 heavy (non-hydrogen) atoms. The number of aryl methyl sites for hydroxylation is 2. The van der Waals surface area contributed by atoms with Gasteiger partial charge in [0.1, 0.15) is 11.5 Å². The summed E-state index contributed by atoms with van der Waals surface area (Å²) in [5, 5.41) is 5.67. The third kappa shape index (κ3) is 6.35. The average molecular weight is 511 g/mol. The molecule has 7 heteroatoms. The predicted molar refractivity (Wildman–Crippen MR) is 134 cm³/mol. The zero-order valence-electron chi connectivity index (χ0n) is 19.1. The van der Waals surface area contributed by atoms with Crippen molar-refractivity contribution in [2.24, 2.45) is 0 Å². The average Bonchev–Trinajstić information content (AvgIpc) is 2.78. The van der Waals surface area contributed by atoms with Crippen molar-refractivity contribution in [1.29, 1.82) is 0 Å². The Kier molecular flexibility index (Phi) is 8.11. The van der Waals surface area contributed by atoms with Crippen LogP contribution in [0.2, 0.25) is 0 Å². The third-order valence-electron chi connectivity index (χ3n) is 4.94. The summed E-state index contributed by atoms with van der Waals surface area (Å²) in [6, 6.07) is 17.8. The molecule has 0 aromatic heterocycles. The Morgan fingerprint density at radius 1 is 0.970 bits per heavy atom. The van der Waals surface area contributed by atoms with Gasteiger partial charge in [0, 0.05) is 10.2 Å². The zero-order chi connectivity index (χ0) is 24.0. The van der Waals surface area contributed by atoms with Crippen LogP contribution >= 0.6 is 15.9 Å². The van der Waals surface area contributed by atoms with Crippen LogP contribution in [0.25, 0.3) is 0 Å². The number of benzene rings is 3. The van der Waals surface area contributed by atoms with E-state index in [1.54, 1.807) is 55.5 Å². The first-order valence-corrected chi connectivity index (χ1v) is 11.4. The minimum absolute atomic E-state index is 0.330. The van der Waals surface area contributed by atoms with Crippen molar-refractivity contribution in [3.63, 3.8) is 0 Å². The van der Waals surface area contributed by atoms with E-state index in [1.807, 2.05) is 32.9 Å². The molecule has 3 aromatic carbocycles. The van der Waals surface area contributed by atoms with Crippen molar-refractivity contribution in [3.8, 4) is 11.5 Å². The van der Waals surface area contributed by atoms with E-state index in [0.29, 0.717) is 29.3 Å². The van der Waals surface area contributed by atoms with Crippen molar-refractivity contribution >= 4 is 39.1 Å². The fraction of sp³-hybridized carbons (Fsp3) is 0.231. The SMILES string of the molecule is CCOc1ccc(NC(=O)c2ccccc2NC(=O)C(C)Oc2c(C)cc(Br)cc2C)cc1. The molecule has 0 bridgehead atoms. The Morgan fingerprint density at radius 3 is 2.24 bits per heavy atom. The number of hydrogen-bond donors (Lipinski definition) is 2. The Balaban J connectivity index is 1.70. The maximum absolute atomic E-state index is 12.9. The Bertz CT molecular complexity index is 1120. The van der Waals surface area contributed by atoms with Crippen molar-refractivity contribution < 1.29 is 19.1 Å². The highest BCUT2D eigenvalue weighted by Crippen LogP contribution is 2.28. The Labute approximate surface area is 202 Å². The molecular weight excluding hydrogens is 484 g/mol. The van der Waals surface area contributed by atoms with E-state index < -0.39 is 6.10 Å². The fourth-order valence-electron chi connectivity index (χ4n) is 3.34. The highest BCUT2D eigenvalue weighted by Gasteiger charge is 2.20. The molecule has 0 radical (unpaired) electrons. The van der Waals surface area contributed by atoms with E-state index in [0.717, 1.165) is 21.3 Å². The summed E-state index contributed by atoms with van der Waals surface area (Å²) in [4.78, 5) is 25.7. The van der Waals surface area contributed by atoms with Crippen LogP contribution in [0.15, 0.2) is 65.1 Å². The van der Waals surface area contributed by atoms with Gasteiger partial charge in [0.2, 0.25) is 0 Å². The second-order valence-electron chi connectivity index (χ2n) is 7.58. The molecule has 3 rings (SSSR count). The van der Waals surface area contributed by atoms with Gasteiger partial charge in [0.15, 0.2) is 6.10 Å². The summed E-state index contributed by atoms with van der Waals surface area (Å²) in [7, 11) is 0. The largest absolute Gasteiger partial charge is 0.494 e. The van der Waals surface area contributed by atoms with Gasteiger partial charge in [-0.15, -0.1) is 0 Å². The van der Waals surface area contributed by atoms with Crippen molar-refractivity contribution in [2.45, 2.75) is 33.8 Å². The maximum atomic E-state index is 12.9.